The first-order chi connectivity index (χ1) is 12.4. The Kier molecular flexibility index (Phi) is 10.5. The van der Waals surface area contributed by atoms with Crippen molar-refractivity contribution in [1.29, 1.82) is 0 Å². The summed E-state index contributed by atoms with van der Waals surface area (Å²) >= 11 is 0. The maximum absolute atomic E-state index is 9.92. The van der Waals surface area contributed by atoms with Crippen LogP contribution in [0.15, 0.2) is 29.8 Å². The number of ether oxygens (including phenoxy) is 1. The number of hydrogen-bond donors (Lipinski definition) is 1. The van der Waals surface area contributed by atoms with Gasteiger partial charge in [0, 0.05) is 5.56 Å². The number of aromatic hydroxyl groups is 1. The lowest BCUT2D eigenvalue weighted by molar-refractivity contribution is 0.167. The predicted molar refractivity (Wildman–Crippen MR) is 113 cm³/mol. The van der Waals surface area contributed by atoms with Gasteiger partial charge in [-0.05, 0) is 49.3 Å². The van der Waals surface area contributed by atoms with Crippen molar-refractivity contribution >= 4 is 5.76 Å². The number of allylic oxidation sites excluding steroid dienone is 1. The summed E-state index contributed by atoms with van der Waals surface area (Å²) in [6.07, 6.45) is 9.11. The largest absolute Gasteiger partial charge is 0.508 e. The van der Waals surface area contributed by atoms with Crippen LogP contribution in [0.1, 0.15) is 92.1 Å². The highest BCUT2D eigenvalue weighted by atomic mass is 16.5. The fraction of sp³-hybridized carbons (Fsp3) is 0.667. The number of unbranched alkanes of at least 4 members (excludes halogenated alkanes) is 5. The van der Waals surface area contributed by atoms with Gasteiger partial charge in [-0.15, -0.1) is 0 Å². The van der Waals surface area contributed by atoms with E-state index in [1.165, 1.54) is 44.1 Å². The van der Waals surface area contributed by atoms with Crippen LogP contribution in [0.3, 0.4) is 0 Å². The van der Waals surface area contributed by atoms with Crippen LogP contribution in [0, 0.1) is 11.8 Å². The number of rotatable bonds is 12. The normalized spacial score (nSPS) is 12.5. The lowest BCUT2D eigenvalue weighted by Crippen LogP contribution is -2.13. The summed E-state index contributed by atoms with van der Waals surface area (Å²) < 4.78 is 6.47. The molecule has 1 aromatic rings. The number of hydrogen-bond acceptors (Lipinski definition) is 2. The second-order valence-corrected chi connectivity index (χ2v) is 8.13. The van der Waals surface area contributed by atoms with Crippen molar-refractivity contribution in [3.63, 3.8) is 0 Å². The van der Waals surface area contributed by atoms with Gasteiger partial charge in [-0.2, -0.15) is 0 Å². The summed E-state index contributed by atoms with van der Waals surface area (Å²) in [7, 11) is 0. The summed E-state index contributed by atoms with van der Waals surface area (Å²) in [4.78, 5) is 0. The number of phenols is 1. The molecule has 1 N–H and O–H groups in total. The molecule has 2 heteroatoms. The summed E-state index contributed by atoms with van der Waals surface area (Å²) in [5.41, 5.74) is 2.31. The average Bonchev–Trinajstić information content (AvgIpc) is 2.56. The molecule has 0 radical (unpaired) electrons. The Morgan fingerprint density at radius 2 is 1.54 bits per heavy atom. The van der Waals surface area contributed by atoms with E-state index in [0.717, 1.165) is 17.7 Å². The van der Waals surface area contributed by atoms with E-state index in [4.69, 9.17) is 4.74 Å². The van der Waals surface area contributed by atoms with Crippen molar-refractivity contribution in [2.75, 3.05) is 0 Å². The van der Waals surface area contributed by atoms with Crippen LogP contribution in [0.5, 0.6) is 5.75 Å². The van der Waals surface area contributed by atoms with Crippen molar-refractivity contribution in [1.82, 2.24) is 0 Å². The van der Waals surface area contributed by atoms with Gasteiger partial charge in [-0.1, -0.05) is 78.9 Å². The summed E-state index contributed by atoms with van der Waals surface area (Å²) in [5.74, 6) is 2.07. The maximum atomic E-state index is 9.92. The third kappa shape index (κ3) is 7.85. The van der Waals surface area contributed by atoms with Gasteiger partial charge in [0.05, 0.1) is 6.10 Å². The summed E-state index contributed by atoms with van der Waals surface area (Å²) in [6.45, 7) is 13.3. The average molecular weight is 361 g/mol. The molecule has 0 aliphatic heterocycles. The predicted octanol–water partition coefficient (Wildman–Crippen LogP) is 7.57. The Labute approximate surface area is 161 Å². The van der Waals surface area contributed by atoms with E-state index < -0.39 is 0 Å². The minimum absolute atomic E-state index is 0.186. The smallest absolute Gasteiger partial charge is 0.126 e. The molecule has 148 valence electrons. The zero-order valence-electron chi connectivity index (χ0n) is 17.8. The van der Waals surface area contributed by atoms with Crippen molar-refractivity contribution < 1.29 is 9.84 Å². The Hall–Kier alpha value is -1.44. The van der Waals surface area contributed by atoms with Gasteiger partial charge in [-0.25, -0.2) is 0 Å². The Bertz CT molecular complexity index is 533. The molecule has 0 spiro atoms. The van der Waals surface area contributed by atoms with Gasteiger partial charge >= 0.3 is 0 Å². The fourth-order valence-electron chi connectivity index (χ4n) is 3.61. The van der Waals surface area contributed by atoms with Crippen LogP contribution in [0.2, 0.25) is 0 Å². The number of benzene rings is 1. The minimum atomic E-state index is 0.186. The summed E-state index contributed by atoms with van der Waals surface area (Å²) in [5, 5.41) is 9.92. The van der Waals surface area contributed by atoms with Crippen molar-refractivity contribution in [3.05, 3.63) is 35.4 Å². The Morgan fingerprint density at radius 3 is 2.12 bits per heavy atom. The highest BCUT2D eigenvalue weighted by Gasteiger charge is 2.20. The molecular formula is C24H40O2. The van der Waals surface area contributed by atoms with Crippen LogP contribution in [0.4, 0.5) is 0 Å². The Balaban J connectivity index is 2.85. The maximum Gasteiger partial charge on any atom is 0.126 e. The quantitative estimate of drug-likeness (QED) is 0.307. The molecule has 0 fully saturated rings. The highest BCUT2D eigenvalue weighted by Crippen LogP contribution is 2.33. The molecule has 1 unspecified atom stereocenters. The molecule has 26 heavy (non-hydrogen) atoms. The van der Waals surface area contributed by atoms with Crippen molar-refractivity contribution in [3.8, 4) is 5.75 Å². The molecule has 0 saturated carbocycles. The fourth-order valence-corrected chi connectivity index (χ4v) is 3.61. The first-order valence-electron chi connectivity index (χ1n) is 10.6. The zero-order chi connectivity index (χ0) is 19.5. The number of phenolic OH excluding ortho intramolecular Hbond substituents is 1. The molecule has 0 saturated heterocycles. The molecule has 0 aliphatic carbocycles. The molecule has 1 atom stereocenters. The molecule has 0 bridgehead atoms. The van der Waals surface area contributed by atoms with E-state index in [0.29, 0.717) is 17.6 Å². The van der Waals surface area contributed by atoms with E-state index in [1.807, 2.05) is 18.2 Å². The molecule has 0 amide bonds. The third-order valence-electron chi connectivity index (χ3n) is 4.90. The molecule has 2 nitrogen and oxygen atoms in total. The SMILES string of the molecule is CCCCCCCCC(C)OC(=C(C(C)C)C(C)C)c1cccc(O)c1. The van der Waals surface area contributed by atoms with Crippen LogP contribution < -0.4 is 0 Å². The molecule has 1 aromatic carbocycles. The lowest BCUT2D eigenvalue weighted by Gasteiger charge is -2.25. The van der Waals surface area contributed by atoms with Gasteiger partial charge in [0.25, 0.3) is 0 Å². The second-order valence-electron chi connectivity index (χ2n) is 8.13. The van der Waals surface area contributed by atoms with Gasteiger partial charge in [0.1, 0.15) is 11.5 Å². The standard InChI is InChI=1S/C24H40O2/c1-7-8-9-10-11-12-14-20(6)26-24(23(18(2)3)19(4)5)21-15-13-16-22(25)17-21/h13,15-20,25H,7-12,14H2,1-6H3. The minimum Gasteiger partial charge on any atom is -0.508 e. The van der Waals surface area contributed by atoms with E-state index in [9.17, 15) is 5.11 Å². The van der Waals surface area contributed by atoms with Gasteiger partial charge < -0.3 is 9.84 Å². The van der Waals surface area contributed by atoms with Crippen LogP contribution in [0.25, 0.3) is 5.76 Å². The third-order valence-corrected chi connectivity index (χ3v) is 4.90. The van der Waals surface area contributed by atoms with Gasteiger partial charge in [0.2, 0.25) is 0 Å². The lowest BCUT2D eigenvalue weighted by atomic mass is 9.89. The molecule has 1 rings (SSSR count). The van der Waals surface area contributed by atoms with E-state index >= 15 is 0 Å². The first kappa shape index (κ1) is 22.6. The van der Waals surface area contributed by atoms with Crippen LogP contribution in [-0.2, 0) is 4.74 Å². The van der Waals surface area contributed by atoms with Crippen LogP contribution in [-0.4, -0.2) is 11.2 Å². The molecule has 0 aliphatic rings. The topological polar surface area (TPSA) is 29.5 Å². The van der Waals surface area contributed by atoms with E-state index in [1.54, 1.807) is 6.07 Å². The zero-order valence-corrected chi connectivity index (χ0v) is 17.8. The van der Waals surface area contributed by atoms with Crippen LogP contribution >= 0.6 is 0 Å². The Morgan fingerprint density at radius 1 is 0.923 bits per heavy atom. The molecule has 0 heterocycles. The molecular weight excluding hydrogens is 320 g/mol. The molecule has 0 aromatic heterocycles. The highest BCUT2D eigenvalue weighted by molar-refractivity contribution is 5.65. The van der Waals surface area contributed by atoms with E-state index in [-0.39, 0.29) is 6.10 Å². The van der Waals surface area contributed by atoms with Crippen molar-refractivity contribution in [2.24, 2.45) is 11.8 Å². The van der Waals surface area contributed by atoms with Crippen molar-refractivity contribution in [2.45, 2.75) is 92.6 Å². The van der Waals surface area contributed by atoms with Gasteiger partial charge in [0.15, 0.2) is 0 Å². The summed E-state index contributed by atoms with van der Waals surface area (Å²) in [6, 6.07) is 7.46. The monoisotopic (exact) mass is 360 g/mol. The second kappa shape index (κ2) is 12.0. The van der Waals surface area contributed by atoms with Gasteiger partial charge in [-0.3, -0.25) is 0 Å². The van der Waals surface area contributed by atoms with E-state index in [2.05, 4.69) is 41.5 Å². The first-order valence-corrected chi connectivity index (χ1v) is 10.6.